The quantitative estimate of drug-likeness (QED) is 0.574. The molecule has 3 aromatic rings. The summed E-state index contributed by atoms with van der Waals surface area (Å²) in [5, 5.41) is 24.6. The summed E-state index contributed by atoms with van der Waals surface area (Å²) >= 11 is 5.98. The van der Waals surface area contributed by atoms with Gasteiger partial charge in [0.1, 0.15) is 5.82 Å². The van der Waals surface area contributed by atoms with Crippen molar-refractivity contribution in [1.29, 1.82) is 0 Å². The van der Waals surface area contributed by atoms with Gasteiger partial charge >= 0.3 is 5.97 Å². The van der Waals surface area contributed by atoms with Crippen molar-refractivity contribution < 1.29 is 19.2 Å². The molecular weight excluding hydrogens is 341 g/mol. The second kappa shape index (κ2) is 5.89. The average Bonchev–Trinajstić information content (AvgIpc) is 2.88. The molecule has 24 heavy (non-hydrogen) atoms. The number of nitro benzene ring substituents is 1. The predicted octanol–water partition coefficient (Wildman–Crippen LogP) is 3.48. The summed E-state index contributed by atoms with van der Waals surface area (Å²) < 4.78 is 14.4. The number of carboxylic acid groups (broad SMARTS) is 1. The van der Waals surface area contributed by atoms with E-state index in [1.807, 2.05) is 0 Å². The molecule has 0 aliphatic carbocycles. The fraction of sp³-hybridized carbons (Fsp3) is 0.0667. The molecule has 2 aromatic carbocycles. The van der Waals surface area contributed by atoms with Crippen molar-refractivity contribution in [2.75, 3.05) is 0 Å². The number of hydrogen-bond donors (Lipinski definition) is 1. The molecule has 0 aliphatic rings. The molecule has 0 unspecified atom stereocenters. The summed E-state index contributed by atoms with van der Waals surface area (Å²) in [5.41, 5.74) is 0.372. The fourth-order valence-corrected chi connectivity index (χ4v) is 2.59. The molecule has 0 bridgehead atoms. The molecule has 1 heterocycles. The third-order valence-corrected chi connectivity index (χ3v) is 3.84. The summed E-state index contributed by atoms with van der Waals surface area (Å²) in [4.78, 5) is 21.7. The van der Waals surface area contributed by atoms with Crippen LogP contribution in [0.5, 0.6) is 0 Å². The van der Waals surface area contributed by atoms with Crippen molar-refractivity contribution in [1.82, 2.24) is 9.78 Å². The minimum atomic E-state index is -1.25. The van der Waals surface area contributed by atoms with E-state index in [-0.39, 0.29) is 33.9 Å². The smallest absolute Gasteiger partial charge is 0.357 e. The van der Waals surface area contributed by atoms with Crippen LogP contribution in [-0.2, 0) is 6.54 Å². The Hall–Kier alpha value is -3.00. The number of non-ortho nitro benzene ring substituents is 1. The van der Waals surface area contributed by atoms with Gasteiger partial charge in [-0.05, 0) is 23.8 Å². The van der Waals surface area contributed by atoms with E-state index in [9.17, 15) is 24.4 Å². The Morgan fingerprint density at radius 1 is 1.33 bits per heavy atom. The number of aromatic carboxylic acids is 1. The van der Waals surface area contributed by atoms with Gasteiger partial charge in [-0.1, -0.05) is 17.7 Å². The van der Waals surface area contributed by atoms with Crippen LogP contribution in [0, 0.1) is 15.9 Å². The van der Waals surface area contributed by atoms with Crippen LogP contribution in [0.1, 0.15) is 16.1 Å². The minimum Gasteiger partial charge on any atom is -0.476 e. The van der Waals surface area contributed by atoms with Gasteiger partial charge in [0.05, 0.1) is 17.0 Å². The first kappa shape index (κ1) is 15.9. The molecule has 1 aromatic heterocycles. The van der Waals surface area contributed by atoms with Gasteiger partial charge in [-0.25, -0.2) is 9.18 Å². The highest BCUT2D eigenvalue weighted by molar-refractivity contribution is 6.31. The maximum atomic E-state index is 13.1. The van der Waals surface area contributed by atoms with Crippen LogP contribution in [0.3, 0.4) is 0 Å². The van der Waals surface area contributed by atoms with Crippen LogP contribution in [0.25, 0.3) is 10.9 Å². The molecule has 0 spiro atoms. The molecule has 0 amide bonds. The number of hydrogen-bond acceptors (Lipinski definition) is 4. The van der Waals surface area contributed by atoms with Gasteiger partial charge in [0.15, 0.2) is 5.69 Å². The number of fused-ring (bicyclic) bond motifs is 1. The van der Waals surface area contributed by atoms with Gasteiger partial charge in [-0.3, -0.25) is 14.8 Å². The Morgan fingerprint density at radius 3 is 2.71 bits per heavy atom. The summed E-state index contributed by atoms with van der Waals surface area (Å²) in [7, 11) is 0. The van der Waals surface area contributed by atoms with Gasteiger partial charge in [0.2, 0.25) is 0 Å². The number of halogens is 2. The summed E-state index contributed by atoms with van der Waals surface area (Å²) in [6.45, 7) is 0.0457. The first-order valence-corrected chi connectivity index (χ1v) is 7.07. The summed E-state index contributed by atoms with van der Waals surface area (Å²) in [6, 6.07) is 7.59. The Balaban J connectivity index is 2.16. The molecule has 7 nitrogen and oxygen atoms in total. The molecule has 1 N–H and O–H groups in total. The molecule has 9 heteroatoms. The Labute approximate surface area is 139 Å². The highest BCUT2D eigenvalue weighted by atomic mass is 35.5. The first-order valence-electron chi connectivity index (χ1n) is 6.69. The third-order valence-electron chi connectivity index (χ3n) is 3.48. The zero-order valence-electron chi connectivity index (χ0n) is 11.9. The summed E-state index contributed by atoms with van der Waals surface area (Å²) in [6.07, 6.45) is 0. The lowest BCUT2D eigenvalue weighted by molar-refractivity contribution is -0.384. The minimum absolute atomic E-state index is 0.0457. The van der Waals surface area contributed by atoms with Crippen LogP contribution in [-0.4, -0.2) is 25.8 Å². The van der Waals surface area contributed by atoms with Crippen LogP contribution in [0.4, 0.5) is 10.1 Å². The average molecular weight is 350 g/mol. The Kier molecular flexibility index (Phi) is 3.90. The molecule has 122 valence electrons. The number of carboxylic acids is 1. The van der Waals surface area contributed by atoms with Crippen molar-refractivity contribution in [3.8, 4) is 0 Å². The number of carbonyl (C=O) groups is 1. The van der Waals surface area contributed by atoms with E-state index in [2.05, 4.69) is 5.10 Å². The zero-order valence-corrected chi connectivity index (χ0v) is 12.7. The molecule has 0 aliphatic heterocycles. The van der Waals surface area contributed by atoms with E-state index in [0.717, 1.165) is 6.07 Å². The van der Waals surface area contributed by atoms with E-state index in [0.29, 0.717) is 5.56 Å². The second-order valence-electron chi connectivity index (χ2n) is 5.01. The van der Waals surface area contributed by atoms with E-state index >= 15 is 0 Å². The molecule has 3 rings (SSSR count). The standard InChI is InChI=1S/C15H9ClFN3O4/c16-12-5-9(17)2-1-8(12)7-19-13-6-10(20(23)24)3-4-11(13)14(18-19)15(21)22/h1-6H,7H2,(H,21,22). The van der Waals surface area contributed by atoms with E-state index in [1.165, 1.54) is 35.0 Å². The number of rotatable bonds is 4. The van der Waals surface area contributed by atoms with Crippen LogP contribution in [0.15, 0.2) is 36.4 Å². The molecule has 0 fully saturated rings. The topological polar surface area (TPSA) is 98.3 Å². The summed E-state index contributed by atoms with van der Waals surface area (Å²) in [5.74, 6) is -1.76. The second-order valence-corrected chi connectivity index (χ2v) is 5.41. The first-order chi connectivity index (χ1) is 11.4. The SMILES string of the molecule is O=C(O)c1nn(Cc2ccc(F)cc2Cl)c2cc([N+](=O)[O-])ccc12. The van der Waals surface area contributed by atoms with Crippen molar-refractivity contribution >= 4 is 34.2 Å². The Morgan fingerprint density at radius 2 is 2.08 bits per heavy atom. The lowest BCUT2D eigenvalue weighted by atomic mass is 10.2. The monoisotopic (exact) mass is 349 g/mol. The highest BCUT2D eigenvalue weighted by Crippen LogP contribution is 2.26. The van der Waals surface area contributed by atoms with Crippen LogP contribution < -0.4 is 0 Å². The van der Waals surface area contributed by atoms with Crippen LogP contribution >= 0.6 is 11.6 Å². The van der Waals surface area contributed by atoms with Crippen LogP contribution in [0.2, 0.25) is 5.02 Å². The van der Waals surface area contributed by atoms with Gasteiger partial charge in [0.25, 0.3) is 5.69 Å². The van der Waals surface area contributed by atoms with E-state index in [1.54, 1.807) is 0 Å². The maximum absolute atomic E-state index is 13.1. The molecular formula is C15H9ClFN3O4. The van der Waals surface area contributed by atoms with Gasteiger partial charge in [-0.15, -0.1) is 0 Å². The normalized spacial score (nSPS) is 10.9. The number of nitrogens with zero attached hydrogens (tertiary/aromatic N) is 3. The van der Waals surface area contributed by atoms with Crippen molar-refractivity contribution in [3.63, 3.8) is 0 Å². The van der Waals surface area contributed by atoms with E-state index in [4.69, 9.17) is 11.6 Å². The maximum Gasteiger partial charge on any atom is 0.357 e. The number of benzene rings is 2. The van der Waals surface area contributed by atoms with Crippen molar-refractivity contribution in [2.24, 2.45) is 0 Å². The Bertz CT molecular complexity index is 986. The van der Waals surface area contributed by atoms with E-state index < -0.39 is 16.7 Å². The molecule has 0 saturated carbocycles. The number of aromatic nitrogens is 2. The van der Waals surface area contributed by atoms with Crippen molar-refractivity contribution in [3.05, 3.63) is 68.6 Å². The number of nitro groups is 1. The predicted molar refractivity (Wildman–Crippen MR) is 83.9 cm³/mol. The molecule has 0 radical (unpaired) electrons. The van der Waals surface area contributed by atoms with Gasteiger partial charge in [0, 0.05) is 22.5 Å². The third kappa shape index (κ3) is 2.79. The fourth-order valence-electron chi connectivity index (χ4n) is 2.37. The van der Waals surface area contributed by atoms with Gasteiger partial charge < -0.3 is 5.11 Å². The largest absolute Gasteiger partial charge is 0.476 e. The van der Waals surface area contributed by atoms with Crippen molar-refractivity contribution in [2.45, 2.75) is 6.54 Å². The lowest BCUT2D eigenvalue weighted by Crippen LogP contribution is -2.05. The highest BCUT2D eigenvalue weighted by Gasteiger charge is 2.19. The molecule has 0 atom stereocenters. The zero-order chi connectivity index (χ0) is 17.4. The molecule has 0 saturated heterocycles. The van der Waals surface area contributed by atoms with Gasteiger partial charge in [-0.2, -0.15) is 5.10 Å². The lowest BCUT2D eigenvalue weighted by Gasteiger charge is -2.06.